The van der Waals surface area contributed by atoms with Crippen molar-refractivity contribution in [2.24, 2.45) is 0 Å². The Morgan fingerprint density at radius 3 is 2.14 bits per heavy atom. The van der Waals surface area contributed by atoms with Gasteiger partial charge < -0.3 is 4.98 Å². The molecule has 106 valence electrons. The van der Waals surface area contributed by atoms with Crippen molar-refractivity contribution in [2.75, 3.05) is 0 Å². The van der Waals surface area contributed by atoms with E-state index in [4.69, 9.17) is 0 Å². The number of benzene rings is 3. The molecule has 0 aliphatic heterocycles. The van der Waals surface area contributed by atoms with Gasteiger partial charge in [0.15, 0.2) is 0 Å². The smallest absolute Gasteiger partial charge is 0.111 e. The summed E-state index contributed by atoms with van der Waals surface area (Å²) in [5, 5.41) is 0. The lowest BCUT2D eigenvalue weighted by Gasteiger charge is -2.03. The molecule has 2 nitrogen and oxygen atoms in total. The number of fused-ring (bicyclic) bond motifs is 1. The molecule has 0 spiro atoms. The molecule has 2 heteroatoms. The monoisotopic (exact) mass is 284 g/mol. The van der Waals surface area contributed by atoms with E-state index >= 15 is 0 Å². The third kappa shape index (κ3) is 2.51. The maximum atomic E-state index is 4.63. The van der Waals surface area contributed by atoms with Gasteiger partial charge in [0.25, 0.3) is 0 Å². The Bertz CT molecular complexity index is 857. The SMILES string of the molecule is c1ccc(-c2ccc(Cc3nc4ccccc4[nH]3)cc2)cc1. The highest BCUT2D eigenvalue weighted by Gasteiger charge is 2.04. The molecule has 0 saturated carbocycles. The fraction of sp³-hybridized carbons (Fsp3) is 0.0500. The molecule has 4 aromatic rings. The van der Waals surface area contributed by atoms with Gasteiger partial charge in [-0.3, -0.25) is 0 Å². The quantitative estimate of drug-likeness (QED) is 0.574. The minimum atomic E-state index is 0.823. The maximum absolute atomic E-state index is 4.63. The molecule has 0 aliphatic carbocycles. The number of hydrogen-bond donors (Lipinski definition) is 1. The van der Waals surface area contributed by atoms with E-state index in [0.717, 1.165) is 23.3 Å². The third-order valence-electron chi connectivity index (χ3n) is 3.87. The van der Waals surface area contributed by atoms with Crippen molar-refractivity contribution in [3.8, 4) is 11.1 Å². The molecule has 1 heterocycles. The van der Waals surface area contributed by atoms with Crippen LogP contribution in [0, 0.1) is 0 Å². The van der Waals surface area contributed by atoms with Crippen LogP contribution < -0.4 is 0 Å². The highest BCUT2D eigenvalue weighted by atomic mass is 14.9. The van der Waals surface area contributed by atoms with Gasteiger partial charge in [-0.1, -0.05) is 66.7 Å². The predicted molar refractivity (Wildman–Crippen MR) is 90.8 cm³/mol. The Hall–Kier alpha value is -2.87. The zero-order valence-corrected chi connectivity index (χ0v) is 12.2. The number of aromatic nitrogens is 2. The van der Waals surface area contributed by atoms with Gasteiger partial charge in [0.1, 0.15) is 5.82 Å². The standard InChI is InChI=1S/C20H16N2/c1-2-6-16(7-3-1)17-12-10-15(11-13-17)14-20-21-18-8-4-5-9-19(18)22-20/h1-13H,14H2,(H,21,22). The van der Waals surface area contributed by atoms with Crippen molar-refractivity contribution in [2.45, 2.75) is 6.42 Å². The average Bonchev–Trinajstić information content (AvgIpc) is 2.98. The van der Waals surface area contributed by atoms with Crippen LogP contribution >= 0.6 is 0 Å². The first kappa shape index (κ1) is 12.8. The van der Waals surface area contributed by atoms with Crippen molar-refractivity contribution in [1.29, 1.82) is 0 Å². The van der Waals surface area contributed by atoms with E-state index in [1.807, 2.05) is 24.3 Å². The first-order valence-corrected chi connectivity index (χ1v) is 7.46. The Labute approximate surface area is 129 Å². The van der Waals surface area contributed by atoms with Crippen LogP contribution in [0.5, 0.6) is 0 Å². The molecule has 0 bridgehead atoms. The molecule has 1 aromatic heterocycles. The van der Waals surface area contributed by atoms with Crippen molar-refractivity contribution in [3.05, 3.63) is 90.3 Å². The summed E-state index contributed by atoms with van der Waals surface area (Å²) in [5.74, 6) is 1.01. The number of H-pyrrole nitrogens is 1. The van der Waals surface area contributed by atoms with Crippen LogP contribution in [0.3, 0.4) is 0 Å². The van der Waals surface area contributed by atoms with Gasteiger partial charge in [0.2, 0.25) is 0 Å². The summed E-state index contributed by atoms with van der Waals surface area (Å²) in [4.78, 5) is 8.01. The van der Waals surface area contributed by atoms with Gasteiger partial charge in [-0.05, 0) is 28.8 Å². The van der Waals surface area contributed by atoms with E-state index in [9.17, 15) is 0 Å². The van der Waals surface area contributed by atoms with E-state index in [2.05, 4.69) is 64.6 Å². The Balaban J connectivity index is 1.58. The lowest BCUT2D eigenvalue weighted by atomic mass is 10.0. The zero-order valence-electron chi connectivity index (χ0n) is 12.2. The summed E-state index contributed by atoms with van der Waals surface area (Å²) in [6, 6.07) is 27.3. The Morgan fingerprint density at radius 1 is 0.682 bits per heavy atom. The van der Waals surface area contributed by atoms with E-state index in [-0.39, 0.29) is 0 Å². The minimum absolute atomic E-state index is 0.823. The van der Waals surface area contributed by atoms with Crippen molar-refractivity contribution in [1.82, 2.24) is 9.97 Å². The predicted octanol–water partition coefficient (Wildman–Crippen LogP) is 4.82. The van der Waals surface area contributed by atoms with Crippen LogP contribution in [0.15, 0.2) is 78.9 Å². The number of nitrogens with one attached hydrogen (secondary N) is 1. The van der Waals surface area contributed by atoms with E-state index in [1.54, 1.807) is 0 Å². The lowest BCUT2D eigenvalue weighted by Crippen LogP contribution is -1.90. The number of rotatable bonds is 3. The van der Waals surface area contributed by atoms with Gasteiger partial charge in [0, 0.05) is 6.42 Å². The molecule has 22 heavy (non-hydrogen) atoms. The molecule has 4 rings (SSSR count). The minimum Gasteiger partial charge on any atom is -0.342 e. The molecular formula is C20H16N2. The molecule has 0 aliphatic rings. The molecule has 0 amide bonds. The van der Waals surface area contributed by atoms with Crippen molar-refractivity contribution < 1.29 is 0 Å². The first-order chi connectivity index (χ1) is 10.9. The largest absolute Gasteiger partial charge is 0.342 e. The second-order valence-electron chi connectivity index (χ2n) is 5.44. The van der Waals surface area contributed by atoms with Crippen LogP contribution in [0.4, 0.5) is 0 Å². The average molecular weight is 284 g/mol. The molecule has 0 radical (unpaired) electrons. The van der Waals surface area contributed by atoms with Gasteiger partial charge in [0.05, 0.1) is 11.0 Å². The summed E-state index contributed by atoms with van der Waals surface area (Å²) in [6.07, 6.45) is 0.823. The van der Waals surface area contributed by atoms with Gasteiger partial charge in [-0.15, -0.1) is 0 Å². The number of aromatic amines is 1. The Kier molecular flexibility index (Phi) is 3.20. The lowest BCUT2D eigenvalue weighted by molar-refractivity contribution is 1.04. The molecular weight excluding hydrogens is 268 g/mol. The molecule has 0 fully saturated rings. The van der Waals surface area contributed by atoms with Crippen molar-refractivity contribution >= 4 is 11.0 Å². The number of hydrogen-bond acceptors (Lipinski definition) is 1. The molecule has 0 unspecified atom stereocenters. The summed E-state index contributed by atoms with van der Waals surface area (Å²) in [6.45, 7) is 0. The molecule has 0 saturated heterocycles. The second-order valence-corrected chi connectivity index (χ2v) is 5.44. The molecule has 1 N–H and O–H groups in total. The van der Waals surface area contributed by atoms with Gasteiger partial charge in [-0.2, -0.15) is 0 Å². The number of nitrogens with zero attached hydrogens (tertiary/aromatic N) is 1. The topological polar surface area (TPSA) is 28.7 Å². The van der Waals surface area contributed by atoms with Crippen LogP contribution in [0.25, 0.3) is 22.2 Å². The Morgan fingerprint density at radius 2 is 1.36 bits per heavy atom. The van der Waals surface area contributed by atoms with Crippen LogP contribution in [0.1, 0.15) is 11.4 Å². The highest BCUT2D eigenvalue weighted by molar-refractivity contribution is 5.74. The number of para-hydroxylation sites is 2. The van der Waals surface area contributed by atoms with Crippen LogP contribution in [-0.2, 0) is 6.42 Å². The van der Waals surface area contributed by atoms with Crippen molar-refractivity contribution in [3.63, 3.8) is 0 Å². The zero-order chi connectivity index (χ0) is 14.8. The molecule has 3 aromatic carbocycles. The first-order valence-electron chi connectivity index (χ1n) is 7.46. The fourth-order valence-corrected chi connectivity index (χ4v) is 2.73. The van der Waals surface area contributed by atoms with E-state index in [0.29, 0.717) is 0 Å². The third-order valence-corrected chi connectivity index (χ3v) is 3.87. The summed E-state index contributed by atoms with van der Waals surface area (Å²) >= 11 is 0. The summed E-state index contributed by atoms with van der Waals surface area (Å²) in [7, 11) is 0. The maximum Gasteiger partial charge on any atom is 0.111 e. The van der Waals surface area contributed by atoms with E-state index in [1.165, 1.54) is 16.7 Å². The highest BCUT2D eigenvalue weighted by Crippen LogP contribution is 2.20. The van der Waals surface area contributed by atoms with E-state index < -0.39 is 0 Å². The summed E-state index contributed by atoms with van der Waals surface area (Å²) < 4.78 is 0. The van der Waals surface area contributed by atoms with Gasteiger partial charge in [-0.25, -0.2) is 4.98 Å². The van der Waals surface area contributed by atoms with Crippen LogP contribution in [0.2, 0.25) is 0 Å². The molecule has 0 atom stereocenters. The summed E-state index contributed by atoms with van der Waals surface area (Å²) in [5.41, 5.74) is 5.88. The van der Waals surface area contributed by atoms with Crippen LogP contribution in [-0.4, -0.2) is 9.97 Å². The fourth-order valence-electron chi connectivity index (χ4n) is 2.73. The second kappa shape index (κ2) is 5.49. The van der Waals surface area contributed by atoms with Gasteiger partial charge >= 0.3 is 0 Å². The normalized spacial score (nSPS) is 10.9. The number of imidazole rings is 1.